The van der Waals surface area contributed by atoms with Gasteiger partial charge in [0, 0.05) is 19.8 Å². The van der Waals surface area contributed by atoms with Crippen LogP contribution in [0.2, 0.25) is 5.04 Å². The van der Waals surface area contributed by atoms with E-state index in [-0.39, 0.29) is 16.3 Å². The molecule has 2 aromatic carbocycles. The molecule has 0 saturated heterocycles. The van der Waals surface area contributed by atoms with Gasteiger partial charge in [-0.25, -0.2) is 4.79 Å². The van der Waals surface area contributed by atoms with Crippen molar-refractivity contribution in [2.75, 3.05) is 6.61 Å². The van der Waals surface area contributed by atoms with Crippen LogP contribution in [-0.2, 0) is 18.0 Å². The first-order chi connectivity index (χ1) is 16.2. The third-order valence-electron chi connectivity index (χ3n) is 6.47. The number of hydrogen-bond acceptors (Lipinski definition) is 3. The maximum Gasteiger partial charge on any atom is 0.352 e. The topological polar surface area (TPSA) is 73.5 Å². The Kier molecular flexibility index (Phi) is 6.34. The number of aromatic nitrogens is 2. The third kappa shape index (κ3) is 4.01. The van der Waals surface area contributed by atoms with E-state index in [1.165, 1.54) is 21.0 Å². The second-order valence-corrected chi connectivity index (χ2v) is 13.8. The quantitative estimate of drug-likeness (QED) is 0.415. The van der Waals surface area contributed by atoms with Crippen LogP contribution in [0, 0.1) is 0 Å². The summed E-state index contributed by atoms with van der Waals surface area (Å²) in [7, 11) is -1.04. The SMILES string of the molecule is Cn1c(C(=O)O)cc2c(=O)n(CCO[Si](c3ccccc3)(c3ccccc3)C(C)(C)C)ccc21. The summed E-state index contributed by atoms with van der Waals surface area (Å²) in [5, 5.41) is 12.0. The van der Waals surface area contributed by atoms with E-state index in [1.807, 2.05) is 36.4 Å². The van der Waals surface area contributed by atoms with Crippen LogP contribution in [0.4, 0.5) is 0 Å². The number of benzene rings is 2. The lowest BCUT2D eigenvalue weighted by atomic mass is 10.2. The number of rotatable bonds is 7. The summed E-state index contributed by atoms with van der Waals surface area (Å²) in [6, 6.07) is 24.0. The van der Waals surface area contributed by atoms with Crippen molar-refractivity contribution < 1.29 is 14.3 Å². The van der Waals surface area contributed by atoms with E-state index in [1.54, 1.807) is 23.9 Å². The molecule has 6 nitrogen and oxygen atoms in total. The number of nitrogens with zero attached hydrogens (tertiary/aromatic N) is 2. The zero-order valence-corrected chi connectivity index (χ0v) is 21.0. The number of pyridine rings is 1. The summed E-state index contributed by atoms with van der Waals surface area (Å²) in [6.45, 7) is 7.38. The Bertz CT molecular complexity index is 1330. The maximum atomic E-state index is 13.1. The largest absolute Gasteiger partial charge is 0.477 e. The predicted molar refractivity (Wildman–Crippen MR) is 138 cm³/mol. The molecule has 0 atom stereocenters. The van der Waals surface area contributed by atoms with Gasteiger partial charge in [-0.3, -0.25) is 4.79 Å². The molecule has 0 radical (unpaired) electrons. The molecule has 0 amide bonds. The van der Waals surface area contributed by atoms with Crippen molar-refractivity contribution in [3.8, 4) is 0 Å². The fourth-order valence-corrected chi connectivity index (χ4v) is 9.37. The molecule has 0 unspecified atom stereocenters. The molecule has 7 heteroatoms. The van der Waals surface area contributed by atoms with Crippen LogP contribution >= 0.6 is 0 Å². The van der Waals surface area contributed by atoms with Crippen molar-refractivity contribution in [3.05, 3.63) is 95.0 Å². The van der Waals surface area contributed by atoms with Gasteiger partial charge in [-0.15, -0.1) is 0 Å². The van der Waals surface area contributed by atoms with Crippen molar-refractivity contribution in [1.29, 1.82) is 0 Å². The smallest absolute Gasteiger partial charge is 0.352 e. The molecule has 176 valence electrons. The molecule has 34 heavy (non-hydrogen) atoms. The van der Waals surface area contributed by atoms with Crippen LogP contribution in [0.25, 0.3) is 10.9 Å². The number of carbonyl (C=O) groups is 1. The summed E-state index contributed by atoms with van der Waals surface area (Å²) in [6.07, 6.45) is 1.71. The normalized spacial score (nSPS) is 12.2. The van der Waals surface area contributed by atoms with Gasteiger partial charge in [0.2, 0.25) is 0 Å². The molecule has 0 aliphatic carbocycles. The summed E-state index contributed by atoms with van der Waals surface area (Å²) in [4.78, 5) is 24.6. The standard InChI is InChI=1S/C27H30N2O4Si/c1-27(2,3)34(20-11-7-5-8-12-20,21-13-9-6-10-14-21)33-18-17-29-16-15-23-22(25(29)30)19-24(26(31)32)28(23)4/h5-16,19H,17-18H2,1-4H3,(H,31,32). The van der Waals surface area contributed by atoms with Crippen LogP contribution in [0.15, 0.2) is 83.8 Å². The van der Waals surface area contributed by atoms with Crippen LogP contribution in [0.3, 0.4) is 0 Å². The molecule has 4 rings (SSSR count). The van der Waals surface area contributed by atoms with E-state index in [2.05, 4.69) is 45.0 Å². The molecule has 0 bridgehead atoms. The highest BCUT2D eigenvalue weighted by Crippen LogP contribution is 2.36. The zero-order chi connectivity index (χ0) is 24.5. The predicted octanol–water partition coefficient (Wildman–Crippen LogP) is 3.61. The first-order valence-corrected chi connectivity index (χ1v) is 13.2. The Morgan fingerprint density at radius 3 is 2.03 bits per heavy atom. The van der Waals surface area contributed by atoms with Gasteiger partial charge in [0.1, 0.15) is 5.69 Å². The van der Waals surface area contributed by atoms with Crippen molar-refractivity contribution in [1.82, 2.24) is 9.13 Å². The average Bonchev–Trinajstić information content (AvgIpc) is 3.16. The summed E-state index contributed by atoms with van der Waals surface area (Å²) < 4.78 is 10.0. The number of carboxylic acids is 1. The Morgan fingerprint density at radius 2 is 1.53 bits per heavy atom. The molecule has 0 aliphatic heterocycles. The fraction of sp³-hybridized carbons (Fsp3) is 0.259. The summed E-state index contributed by atoms with van der Waals surface area (Å²) >= 11 is 0. The Balaban J connectivity index is 1.71. The lowest BCUT2D eigenvalue weighted by Crippen LogP contribution is -2.66. The van der Waals surface area contributed by atoms with Gasteiger partial charge < -0.3 is 18.7 Å². The molecule has 2 aromatic heterocycles. The lowest BCUT2D eigenvalue weighted by molar-refractivity contribution is 0.0687. The van der Waals surface area contributed by atoms with E-state index in [0.29, 0.717) is 24.1 Å². The maximum absolute atomic E-state index is 13.1. The molecule has 4 aromatic rings. The van der Waals surface area contributed by atoms with Crippen molar-refractivity contribution >= 4 is 35.6 Å². The van der Waals surface area contributed by atoms with Crippen LogP contribution in [-0.4, -0.2) is 35.1 Å². The molecular weight excluding hydrogens is 444 g/mol. The summed E-state index contributed by atoms with van der Waals surface area (Å²) in [5.74, 6) is -1.06. The second-order valence-electron chi connectivity index (χ2n) is 9.52. The number of hydrogen-bond donors (Lipinski definition) is 1. The van der Waals surface area contributed by atoms with E-state index >= 15 is 0 Å². The fourth-order valence-electron chi connectivity index (χ4n) is 4.81. The molecular formula is C27H30N2O4Si. The Morgan fingerprint density at radius 1 is 0.971 bits per heavy atom. The van der Waals surface area contributed by atoms with Gasteiger partial charge in [0.05, 0.1) is 17.5 Å². The molecule has 0 aliphatic rings. The molecule has 0 spiro atoms. The van der Waals surface area contributed by atoms with Crippen LogP contribution < -0.4 is 15.9 Å². The van der Waals surface area contributed by atoms with Gasteiger partial charge in [-0.2, -0.15) is 0 Å². The monoisotopic (exact) mass is 474 g/mol. The molecule has 0 saturated carbocycles. The van der Waals surface area contributed by atoms with Crippen molar-refractivity contribution in [3.63, 3.8) is 0 Å². The minimum atomic E-state index is -2.69. The van der Waals surface area contributed by atoms with Crippen LogP contribution in [0.1, 0.15) is 31.3 Å². The Hall–Kier alpha value is -3.42. The molecule has 1 N–H and O–H groups in total. The van der Waals surface area contributed by atoms with Gasteiger partial charge in [0.15, 0.2) is 0 Å². The number of carboxylic acid groups (broad SMARTS) is 1. The van der Waals surface area contributed by atoms with Gasteiger partial charge in [-0.1, -0.05) is 81.4 Å². The first kappa shape index (κ1) is 23.7. The van der Waals surface area contributed by atoms with Crippen molar-refractivity contribution in [2.24, 2.45) is 7.05 Å². The van der Waals surface area contributed by atoms with E-state index in [0.717, 1.165) is 0 Å². The van der Waals surface area contributed by atoms with E-state index in [9.17, 15) is 14.7 Å². The van der Waals surface area contributed by atoms with Crippen LogP contribution in [0.5, 0.6) is 0 Å². The minimum Gasteiger partial charge on any atom is -0.477 e. The summed E-state index contributed by atoms with van der Waals surface area (Å²) in [5.41, 5.74) is 0.478. The van der Waals surface area contributed by atoms with E-state index < -0.39 is 14.3 Å². The molecule has 0 fully saturated rings. The highest BCUT2D eigenvalue weighted by atomic mass is 28.4. The number of aromatic carboxylic acids is 1. The third-order valence-corrected chi connectivity index (χ3v) is 11.5. The average molecular weight is 475 g/mol. The highest BCUT2D eigenvalue weighted by molar-refractivity contribution is 6.99. The van der Waals surface area contributed by atoms with Gasteiger partial charge in [0.25, 0.3) is 13.9 Å². The number of aryl methyl sites for hydroxylation is 1. The second kappa shape index (κ2) is 9.08. The molecule has 2 heterocycles. The zero-order valence-electron chi connectivity index (χ0n) is 20.0. The van der Waals surface area contributed by atoms with Gasteiger partial charge in [-0.05, 0) is 27.5 Å². The highest BCUT2D eigenvalue weighted by Gasteiger charge is 2.50. The lowest BCUT2D eigenvalue weighted by Gasteiger charge is -2.43. The Labute approximate surface area is 200 Å². The first-order valence-electron chi connectivity index (χ1n) is 11.3. The van der Waals surface area contributed by atoms with Crippen molar-refractivity contribution in [2.45, 2.75) is 32.4 Å². The van der Waals surface area contributed by atoms with Gasteiger partial charge >= 0.3 is 5.97 Å². The van der Waals surface area contributed by atoms with E-state index in [4.69, 9.17) is 4.43 Å². The number of fused-ring (bicyclic) bond motifs is 1. The minimum absolute atomic E-state index is 0.0911.